The summed E-state index contributed by atoms with van der Waals surface area (Å²) in [7, 11) is 1.49. The predicted octanol–water partition coefficient (Wildman–Crippen LogP) is 4.14. The second-order valence-electron chi connectivity index (χ2n) is 4.49. The molecule has 4 nitrogen and oxygen atoms in total. The molecule has 0 fully saturated rings. The Labute approximate surface area is 141 Å². The molecule has 23 heavy (non-hydrogen) atoms. The van der Waals surface area contributed by atoms with Crippen molar-refractivity contribution in [3.05, 3.63) is 63.9 Å². The van der Waals surface area contributed by atoms with Crippen LogP contribution in [0.15, 0.2) is 52.5 Å². The number of hydrogen-bond donors (Lipinski definition) is 1. The third-order valence-corrected chi connectivity index (χ3v) is 3.47. The Hall–Kier alpha value is -2.65. The van der Waals surface area contributed by atoms with E-state index in [9.17, 15) is 14.4 Å². The number of ether oxygens (including phenoxy) is 1. The minimum Gasteiger partial charge on any atom is -0.496 e. The number of amides is 1. The number of benzene rings is 2. The number of anilines is 1. The first kappa shape index (κ1) is 16.7. The Kier molecular flexibility index (Phi) is 5.50. The number of nitriles is 1. The molecule has 6 heteroatoms. The summed E-state index contributed by atoms with van der Waals surface area (Å²) in [4.78, 5) is 12.2. The van der Waals surface area contributed by atoms with Crippen LogP contribution < -0.4 is 10.1 Å². The van der Waals surface area contributed by atoms with E-state index in [0.29, 0.717) is 11.3 Å². The van der Waals surface area contributed by atoms with Crippen molar-refractivity contribution in [1.82, 2.24) is 0 Å². The van der Waals surface area contributed by atoms with Crippen molar-refractivity contribution in [2.45, 2.75) is 0 Å². The number of carbonyl (C=O) groups excluding carboxylic acids is 1. The Morgan fingerprint density at radius 2 is 2.09 bits per heavy atom. The number of carbonyl (C=O) groups is 1. The van der Waals surface area contributed by atoms with Crippen molar-refractivity contribution in [1.29, 1.82) is 5.26 Å². The van der Waals surface area contributed by atoms with Gasteiger partial charge >= 0.3 is 0 Å². The number of nitrogens with one attached hydrogen (secondary N) is 1. The van der Waals surface area contributed by atoms with Gasteiger partial charge in [0.25, 0.3) is 5.91 Å². The summed E-state index contributed by atoms with van der Waals surface area (Å²) in [6.45, 7) is 0. The van der Waals surface area contributed by atoms with Gasteiger partial charge in [0.1, 0.15) is 23.2 Å². The molecule has 0 radical (unpaired) electrons. The van der Waals surface area contributed by atoms with Crippen molar-refractivity contribution in [2.24, 2.45) is 0 Å². The Morgan fingerprint density at radius 3 is 2.74 bits per heavy atom. The summed E-state index contributed by atoms with van der Waals surface area (Å²) in [6, 6.07) is 12.8. The minimum absolute atomic E-state index is 0.0138. The predicted molar refractivity (Wildman–Crippen MR) is 89.3 cm³/mol. The molecular weight excluding hydrogens is 363 g/mol. The van der Waals surface area contributed by atoms with Crippen LogP contribution in [0, 0.1) is 17.1 Å². The fourth-order valence-electron chi connectivity index (χ4n) is 1.87. The summed E-state index contributed by atoms with van der Waals surface area (Å²) in [6.07, 6.45) is 1.39. The molecule has 0 aliphatic heterocycles. The van der Waals surface area contributed by atoms with Crippen molar-refractivity contribution < 1.29 is 13.9 Å². The van der Waals surface area contributed by atoms with E-state index in [1.54, 1.807) is 24.3 Å². The van der Waals surface area contributed by atoms with Crippen molar-refractivity contribution in [2.75, 3.05) is 12.4 Å². The molecular formula is C17H12BrFN2O2. The lowest BCUT2D eigenvalue weighted by Crippen LogP contribution is -2.14. The first-order chi connectivity index (χ1) is 11.0. The number of rotatable bonds is 4. The smallest absolute Gasteiger partial charge is 0.266 e. The fourth-order valence-corrected chi connectivity index (χ4v) is 2.25. The van der Waals surface area contributed by atoms with Crippen LogP contribution in [0.25, 0.3) is 6.08 Å². The van der Waals surface area contributed by atoms with Crippen LogP contribution in [0.1, 0.15) is 5.56 Å². The van der Waals surface area contributed by atoms with E-state index in [0.717, 1.165) is 4.47 Å². The van der Waals surface area contributed by atoms with Gasteiger partial charge in [-0.15, -0.1) is 0 Å². The number of para-hydroxylation sites is 1. The highest BCUT2D eigenvalue weighted by molar-refractivity contribution is 9.10. The third-order valence-electron chi connectivity index (χ3n) is 2.98. The van der Waals surface area contributed by atoms with Gasteiger partial charge < -0.3 is 10.1 Å². The number of methoxy groups -OCH3 is 1. The van der Waals surface area contributed by atoms with Crippen LogP contribution >= 0.6 is 15.9 Å². The first-order valence-electron chi connectivity index (χ1n) is 6.56. The summed E-state index contributed by atoms with van der Waals surface area (Å²) < 4.78 is 19.5. The monoisotopic (exact) mass is 374 g/mol. The minimum atomic E-state index is -0.695. The lowest BCUT2D eigenvalue weighted by molar-refractivity contribution is -0.112. The molecule has 1 amide bonds. The Balaban J connectivity index is 2.33. The zero-order valence-corrected chi connectivity index (χ0v) is 13.7. The highest BCUT2D eigenvalue weighted by atomic mass is 79.9. The largest absolute Gasteiger partial charge is 0.496 e. The molecule has 0 unspecified atom stereocenters. The molecule has 0 atom stereocenters. The van der Waals surface area contributed by atoms with Gasteiger partial charge in [0.2, 0.25) is 0 Å². The maximum Gasteiger partial charge on any atom is 0.266 e. The highest BCUT2D eigenvalue weighted by Crippen LogP contribution is 2.25. The molecule has 0 bridgehead atoms. The fraction of sp³-hybridized carbons (Fsp3) is 0.0588. The van der Waals surface area contributed by atoms with Crippen LogP contribution in [-0.4, -0.2) is 13.0 Å². The maximum atomic E-state index is 13.6. The SMILES string of the molecule is COc1ccc(Br)cc1/C=C(\C#N)C(=O)Nc1ccccc1F. The van der Waals surface area contributed by atoms with Crippen molar-refractivity contribution in [3.63, 3.8) is 0 Å². The maximum absolute atomic E-state index is 13.6. The first-order valence-corrected chi connectivity index (χ1v) is 7.35. The van der Waals surface area contributed by atoms with Crippen molar-refractivity contribution >= 4 is 33.6 Å². The average Bonchev–Trinajstić information content (AvgIpc) is 2.54. The van der Waals surface area contributed by atoms with Crippen LogP contribution in [0.2, 0.25) is 0 Å². The van der Waals surface area contributed by atoms with E-state index in [2.05, 4.69) is 21.2 Å². The second kappa shape index (κ2) is 7.56. The number of nitrogens with zero attached hydrogens (tertiary/aromatic N) is 1. The van der Waals surface area contributed by atoms with E-state index in [1.165, 1.54) is 31.4 Å². The molecule has 1 N–H and O–H groups in total. The highest BCUT2D eigenvalue weighted by Gasteiger charge is 2.13. The van der Waals surface area contributed by atoms with Crippen LogP contribution in [0.5, 0.6) is 5.75 Å². The van der Waals surface area contributed by atoms with Crippen LogP contribution in [-0.2, 0) is 4.79 Å². The number of hydrogen-bond acceptors (Lipinski definition) is 3. The van der Waals surface area contributed by atoms with E-state index >= 15 is 0 Å². The molecule has 0 saturated heterocycles. The zero-order valence-electron chi connectivity index (χ0n) is 12.1. The van der Waals surface area contributed by atoms with Gasteiger partial charge in [-0.25, -0.2) is 4.39 Å². The van der Waals surface area contributed by atoms with E-state index in [1.807, 2.05) is 6.07 Å². The van der Waals surface area contributed by atoms with Gasteiger partial charge in [0.05, 0.1) is 12.8 Å². The third kappa shape index (κ3) is 4.18. The van der Waals surface area contributed by atoms with E-state index in [-0.39, 0.29) is 11.3 Å². The van der Waals surface area contributed by atoms with Gasteiger partial charge in [-0.3, -0.25) is 4.79 Å². The zero-order chi connectivity index (χ0) is 16.8. The summed E-state index contributed by atoms with van der Waals surface area (Å²) in [5.41, 5.74) is 0.409. The van der Waals surface area contributed by atoms with Crippen LogP contribution in [0.3, 0.4) is 0 Å². The molecule has 2 aromatic rings. The summed E-state index contributed by atoms with van der Waals surface area (Å²) in [5.74, 6) is -0.752. The lowest BCUT2D eigenvalue weighted by atomic mass is 10.1. The van der Waals surface area contributed by atoms with Gasteiger partial charge in [0.15, 0.2) is 0 Å². The van der Waals surface area contributed by atoms with Gasteiger partial charge in [-0.05, 0) is 36.4 Å². The number of halogens is 2. The average molecular weight is 375 g/mol. The second-order valence-corrected chi connectivity index (χ2v) is 5.41. The van der Waals surface area contributed by atoms with E-state index < -0.39 is 11.7 Å². The molecule has 2 rings (SSSR count). The standard InChI is InChI=1S/C17H12BrFN2O2/c1-23-16-7-6-13(18)9-11(16)8-12(10-20)17(22)21-15-5-3-2-4-14(15)19/h2-9H,1H3,(H,21,22)/b12-8+. The molecule has 116 valence electrons. The van der Waals surface area contributed by atoms with Gasteiger partial charge in [-0.2, -0.15) is 5.26 Å². The van der Waals surface area contributed by atoms with Gasteiger partial charge in [-0.1, -0.05) is 28.1 Å². The Bertz CT molecular complexity index is 812. The lowest BCUT2D eigenvalue weighted by Gasteiger charge is -2.07. The van der Waals surface area contributed by atoms with Crippen LogP contribution in [0.4, 0.5) is 10.1 Å². The molecule has 0 heterocycles. The van der Waals surface area contributed by atoms with Gasteiger partial charge in [0, 0.05) is 10.0 Å². The molecule has 0 aliphatic carbocycles. The quantitative estimate of drug-likeness (QED) is 0.645. The molecule has 2 aromatic carbocycles. The molecule has 0 aromatic heterocycles. The normalized spacial score (nSPS) is 10.8. The summed E-state index contributed by atoms with van der Waals surface area (Å²) >= 11 is 3.32. The van der Waals surface area contributed by atoms with Crippen molar-refractivity contribution in [3.8, 4) is 11.8 Å². The molecule has 0 saturated carbocycles. The summed E-state index contributed by atoms with van der Waals surface area (Å²) in [5, 5.41) is 11.6. The molecule has 0 aliphatic rings. The topological polar surface area (TPSA) is 62.1 Å². The van der Waals surface area contributed by atoms with E-state index in [4.69, 9.17) is 4.74 Å². The molecule has 0 spiro atoms. The Morgan fingerprint density at radius 1 is 1.35 bits per heavy atom.